The number of aliphatic hydroxyl groups excluding tert-OH is 2. The summed E-state index contributed by atoms with van der Waals surface area (Å²) in [5.41, 5.74) is 2.24. The van der Waals surface area contributed by atoms with Gasteiger partial charge in [0.25, 0.3) is 0 Å². The zero-order valence-corrected chi connectivity index (χ0v) is 15.8. The van der Waals surface area contributed by atoms with Gasteiger partial charge >= 0.3 is 6.09 Å². The van der Waals surface area contributed by atoms with Crippen LogP contribution in [0.4, 0.5) is 4.79 Å². The van der Waals surface area contributed by atoms with Gasteiger partial charge in [0.05, 0.1) is 12.5 Å². The molecule has 0 spiro atoms. The molecule has 0 aliphatic carbocycles. The molecule has 7 heteroatoms. The number of benzene rings is 2. The van der Waals surface area contributed by atoms with Gasteiger partial charge in [0.2, 0.25) is 5.91 Å². The largest absolute Gasteiger partial charge is 0.445 e. The summed E-state index contributed by atoms with van der Waals surface area (Å²) in [5, 5.41) is 25.5. The van der Waals surface area contributed by atoms with Crippen LogP contribution >= 0.6 is 0 Å². The van der Waals surface area contributed by atoms with Crippen LogP contribution in [0.25, 0.3) is 0 Å². The zero-order valence-electron chi connectivity index (χ0n) is 15.8. The summed E-state index contributed by atoms with van der Waals surface area (Å²) in [6, 6.07) is 16.1. The average Bonchev–Trinajstić information content (AvgIpc) is 2.72. The standard InChI is InChI=1S/C21H26N2O5/c1-22-19(25)13-15-7-9-17(10-8-15)20(26)18(24)11-12-23-21(27)28-14-16-5-3-2-4-6-16/h2-10,18,20,24,26H,11-14H2,1H3,(H,22,25)(H,23,27). The smallest absolute Gasteiger partial charge is 0.407 e. The first-order valence-corrected chi connectivity index (χ1v) is 9.09. The van der Waals surface area contributed by atoms with E-state index in [0.717, 1.165) is 11.1 Å². The average molecular weight is 386 g/mol. The van der Waals surface area contributed by atoms with Gasteiger partial charge in [0.15, 0.2) is 0 Å². The van der Waals surface area contributed by atoms with E-state index < -0.39 is 18.3 Å². The third kappa shape index (κ3) is 7.02. The Morgan fingerprint density at radius 2 is 1.68 bits per heavy atom. The van der Waals surface area contributed by atoms with Crippen LogP contribution in [-0.2, 0) is 22.6 Å². The van der Waals surface area contributed by atoms with Crippen molar-refractivity contribution in [2.45, 2.75) is 31.7 Å². The molecular weight excluding hydrogens is 360 g/mol. The van der Waals surface area contributed by atoms with Crippen molar-refractivity contribution in [3.05, 3.63) is 71.3 Å². The van der Waals surface area contributed by atoms with Crippen molar-refractivity contribution in [1.29, 1.82) is 0 Å². The van der Waals surface area contributed by atoms with Crippen LogP contribution in [0, 0.1) is 0 Å². The maximum atomic E-state index is 11.7. The Morgan fingerprint density at radius 1 is 1.00 bits per heavy atom. The number of hydrogen-bond donors (Lipinski definition) is 4. The van der Waals surface area contributed by atoms with Gasteiger partial charge in [0, 0.05) is 13.6 Å². The summed E-state index contributed by atoms with van der Waals surface area (Å²) < 4.78 is 5.08. The molecule has 2 atom stereocenters. The summed E-state index contributed by atoms with van der Waals surface area (Å²) in [6.07, 6.45) is -2.29. The minimum absolute atomic E-state index is 0.0986. The molecule has 4 N–H and O–H groups in total. The second-order valence-electron chi connectivity index (χ2n) is 6.38. The van der Waals surface area contributed by atoms with E-state index in [1.165, 1.54) is 0 Å². The van der Waals surface area contributed by atoms with Crippen LogP contribution in [0.15, 0.2) is 54.6 Å². The molecule has 0 aromatic heterocycles. The fraction of sp³-hybridized carbons (Fsp3) is 0.333. The van der Waals surface area contributed by atoms with Gasteiger partial charge < -0.3 is 25.6 Å². The molecule has 150 valence electrons. The Bertz CT molecular complexity index is 749. The SMILES string of the molecule is CNC(=O)Cc1ccc(C(O)C(O)CCNC(=O)OCc2ccccc2)cc1. The first kappa shape index (κ1) is 21.4. The summed E-state index contributed by atoms with van der Waals surface area (Å²) in [5.74, 6) is -0.0986. The Balaban J connectivity index is 1.72. The van der Waals surface area contributed by atoms with Gasteiger partial charge in [-0.15, -0.1) is 0 Å². The minimum Gasteiger partial charge on any atom is -0.445 e. The molecule has 0 saturated carbocycles. The molecule has 2 aromatic rings. The number of carbonyl (C=O) groups is 2. The van der Waals surface area contributed by atoms with Gasteiger partial charge in [-0.25, -0.2) is 4.79 Å². The number of amides is 2. The van der Waals surface area contributed by atoms with E-state index in [1.54, 1.807) is 31.3 Å². The molecule has 2 aromatic carbocycles. The fourth-order valence-electron chi connectivity index (χ4n) is 2.58. The van der Waals surface area contributed by atoms with Crippen molar-refractivity contribution < 1.29 is 24.5 Å². The van der Waals surface area contributed by atoms with Crippen molar-refractivity contribution >= 4 is 12.0 Å². The highest BCUT2D eigenvalue weighted by atomic mass is 16.5. The molecule has 0 aliphatic heterocycles. The first-order chi connectivity index (χ1) is 13.5. The van der Waals surface area contributed by atoms with E-state index >= 15 is 0 Å². The number of carbonyl (C=O) groups excluding carboxylic acids is 2. The van der Waals surface area contributed by atoms with Gasteiger partial charge in [0.1, 0.15) is 12.7 Å². The van der Waals surface area contributed by atoms with E-state index in [-0.39, 0.29) is 31.9 Å². The van der Waals surface area contributed by atoms with Crippen molar-refractivity contribution in [3.63, 3.8) is 0 Å². The molecule has 2 amide bonds. The van der Waals surface area contributed by atoms with Gasteiger partial charge in [-0.2, -0.15) is 0 Å². The van der Waals surface area contributed by atoms with Crippen molar-refractivity contribution in [2.75, 3.05) is 13.6 Å². The predicted octanol–water partition coefficient (Wildman–Crippen LogP) is 1.69. The van der Waals surface area contributed by atoms with Crippen LogP contribution in [0.5, 0.6) is 0 Å². The number of aliphatic hydroxyl groups is 2. The molecule has 0 heterocycles. The quantitative estimate of drug-likeness (QED) is 0.525. The molecule has 0 bridgehead atoms. The Morgan fingerprint density at radius 3 is 2.32 bits per heavy atom. The van der Waals surface area contributed by atoms with Crippen LogP contribution in [0.2, 0.25) is 0 Å². The van der Waals surface area contributed by atoms with Crippen molar-refractivity contribution in [1.82, 2.24) is 10.6 Å². The van der Waals surface area contributed by atoms with E-state index in [1.807, 2.05) is 30.3 Å². The number of ether oxygens (including phenoxy) is 1. The van der Waals surface area contributed by atoms with Crippen LogP contribution < -0.4 is 10.6 Å². The highest BCUT2D eigenvalue weighted by molar-refractivity contribution is 5.78. The normalized spacial score (nSPS) is 12.7. The maximum Gasteiger partial charge on any atom is 0.407 e. The Hall–Kier alpha value is -2.90. The highest BCUT2D eigenvalue weighted by Gasteiger charge is 2.18. The minimum atomic E-state index is -1.09. The number of hydrogen-bond acceptors (Lipinski definition) is 5. The van der Waals surface area contributed by atoms with Crippen LogP contribution in [0.1, 0.15) is 29.2 Å². The lowest BCUT2D eigenvalue weighted by Gasteiger charge is -2.18. The molecule has 0 saturated heterocycles. The monoisotopic (exact) mass is 386 g/mol. The first-order valence-electron chi connectivity index (χ1n) is 9.09. The Kier molecular flexibility index (Phi) is 8.45. The molecule has 0 radical (unpaired) electrons. The van der Waals surface area contributed by atoms with Crippen molar-refractivity contribution in [3.8, 4) is 0 Å². The van der Waals surface area contributed by atoms with Crippen LogP contribution in [0.3, 0.4) is 0 Å². The lowest BCUT2D eigenvalue weighted by Crippen LogP contribution is -2.29. The number of likely N-dealkylation sites (N-methyl/N-ethyl adjacent to an activating group) is 1. The lowest BCUT2D eigenvalue weighted by atomic mass is 10.00. The summed E-state index contributed by atoms with van der Waals surface area (Å²) in [4.78, 5) is 23.0. The zero-order chi connectivity index (χ0) is 20.4. The van der Waals surface area contributed by atoms with E-state index in [9.17, 15) is 19.8 Å². The number of nitrogens with one attached hydrogen (secondary N) is 2. The molecule has 0 fully saturated rings. The molecule has 7 nitrogen and oxygen atoms in total. The van der Waals surface area contributed by atoms with E-state index in [4.69, 9.17) is 4.74 Å². The van der Waals surface area contributed by atoms with Crippen LogP contribution in [-0.4, -0.2) is 41.9 Å². The maximum absolute atomic E-state index is 11.7. The molecule has 2 unspecified atom stereocenters. The third-order valence-electron chi connectivity index (χ3n) is 4.25. The van der Waals surface area contributed by atoms with Gasteiger partial charge in [-0.3, -0.25) is 4.79 Å². The summed E-state index contributed by atoms with van der Waals surface area (Å²) in [7, 11) is 1.57. The molecule has 2 rings (SSSR count). The lowest BCUT2D eigenvalue weighted by molar-refractivity contribution is -0.119. The second-order valence-corrected chi connectivity index (χ2v) is 6.38. The molecule has 0 aliphatic rings. The topological polar surface area (TPSA) is 108 Å². The summed E-state index contributed by atoms with van der Waals surface area (Å²) >= 11 is 0. The highest BCUT2D eigenvalue weighted by Crippen LogP contribution is 2.19. The fourth-order valence-corrected chi connectivity index (χ4v) is 2.58. The van der Waals surface area contributed by atoms with E-state index in [0.29, 0.717) is 5.56 Å². The number of rotatable bonds is 9. The Labute approximate surface area is 164 Å². The third-order valence-corrected chi connectivity index (χ3v) is 4.25. The van der Waals surface area contributed by atoms with Gasteiger partial charge in [-0.1, -0.05) is 54.6 Å². The second kappa shape index (κ2) is 11.1. The summed E-state index contributed by atoms with van der Waals surface area (Å²) in [6.45, 7) is 0.334. The predicted molar refractivity (Wildman–Crippen MR) is 104 cm³/mol. The molecule has 28 heavy (non-hydrogen) atoms. The van der Waals surface area contributed by atoms with E-state index in [2.05, 4.69) is 10.6 Å². The molecular formula is C21H26N2O5. The van der Waals surface area contributed by atoms with Crippen molar-refractivity contribution in [2.24, 2.45) is 0 Å². The number of alkyl carbamates (subject to hydrolysis) is 1. The van der Waals surface area contributed by atoms with Gasteiger partial charge in [-0.05, 0) is 23.1 Å².